The van der Waals surface area contributed by atoms with Gasteiger partial charge in [0, 0.05) is 36.9 Å². The maximum Gasteiger partial charge on any atom is 0.295 e. The molecule has 3 aromatic carbocycles. The summed E-state index contributed by atoms with van der Waals surface area (Å²) in [5.41, 5.74) is 5.51. The summed E-state index contributed by atoms with van der Waals surface area (Å²) in [5, 5.41) is 11.9. The fourth-order valence-corrected chi connectivity index (χ4v) is 4.48. The van der Waals surface area contributed by atoms with Crippen LogP contribution in [0.25, 0.3) is 5.76 Å². The molecule has 1 saturated heterocycles. The maximum absolute atomic E-state index is 13.3. The minimum Gasteiger partial charge on any atom is -0.507 e. The number of benzene rings is 3. The van der Waals surface area contributed by atoms with Gasteiger partial charge in [-0.2, -0.15) is 0 Å². The summed E-state index contributed by atoms with van der Waals surface area (Å²) in [6.45, 7) is 4.27. The minimum atomic E-state index is -0.680. The van der Waals surface area contributed by atoms with Crippen LogP contribution >= 0.6 is 11.6 Å². The molecular formula is C29H29ClN2O3. The molecule has 0 saturated carbocycles. The first-order valence-electron chi connectivity index (χ1n) is 11.5. The number of rotatable bonds is 6. The lowest BCUT2D eigenvalue weighted by Crippen LogP contribution is -2.31. The molecule has 1 heterocycles. The minimum absolute atomic E-state index is 0.118. The second kappa shape index (κ2) is 9.96. The largest absolute Gasteiger partial charge is 0.507 e. The van der Waals surface area contributed by atoms with E-state index in [1.165, 1.54) is 0 Å². The Morgan fingerprint density at radius 2 is 1.60 bits per heavy atom. The molecule has 1 unspecified atom stereocenters. The number of carbonyl (C=O) groups excluding carboxylic acids is 2. The first-order chi connectivity index (χ1) is 16.7. The van der Waals surface area contributed by atoms with Gasteiger partial charge < -0.3 is 14.9 Å². The molecule has 1 amide bonds. The van der Waals surface area contributed by atoms with Crippen LogP contribution < -0.4 is 4.90 Å². The summed E-state index contributed by atoms with van der Waals surface area (Å²) in [7, 11) is 3.90. The van der Waals surface area contributed by atoms with E-state index in [-0.39, 0.29) is 11.3 Å². The van der Waals surface area contributed by atoms with E-state index in [1.54, 1.807) is 11.0 Å². The molecule has 0 aliphatic carbocycles. The first-order valence-corrected chi connectivity index (χ1v) is 11.9. The van der Waals surface area contributed by atoms with Crippen LogP contribution in [0.3, 0.4) is 0 Å². The number of aliphatic hydroxyl groups excluding tert-OH is 1. The Kier molecular flexibility index (Phi) is 6.99. The van der Waals surface area contributed by atoms with Crippen molar-refractivity contribution in [2.45, 2.75) is 26.3 Å². The number of Topliss-reactive ketones (excluding diaryl/α,β-unsaturated/α-hetero) is 1. The van der Waals surface area contributed by atoms with Crippen molar-refractivity contribution in [2.24, 2.45) is 0 Å². The first kappa shape index (κ1) is 24.6. The lowest BCUT2D eigenvalue weighted by atomic mass is 9.94. The van der Waals surface area contributed by atoms with Crippen LogP contribution in [-0.4, -0.2) is 42.3 Å². The summed E-state index contributed by atoms with van der Waals surface area (Å²) >= 11 is 6.01. The van der Waals surface area contributed by atoms with Crippen molar-refractivity contribution in [2.75, 3.05) is 25.5 Å². The van der Waals surface area contributed by atoms with E-state index in [0.29, 0.717) is 23.6 Å². The van der Waals surface area contributed by atoms with E-state index in [9.17, 15) is 14.7 Å². The lowest BCUT2D eigenvalue weighted by Gasteiger charge is -2.26. The van der Waals surface area contributed by atoms with Crippen LogP contribution in [0.1, 0.15) is 33.9 Å². The van der Waals surface area contributed by atoms with Crippen molar-refractivity contribution in [1.82, 2.24) is 4.90 Å². The average molecular weight is 489 g/mol. The number of aliphatic hydroxyl groups is 1. The zero-order chi connectivity index (χ0) is 25.3. The third-order valence-electron chi connectivity index (χ3n) is 6.60. The molecule has 0 aromatic heterocycles. The molecular weight excluding hydrogens is 460 g/mol. The summed E-state index contributed by atoms with van der Waals surface area (Å²) < 4.78 is 0. The monoisotopic (exact) mass is 488 g/mol. The molecule has 35 heavy (non-hydrogen) atoms. The van der Waals surface area contributed by atoms with Crippen molar-refractivity contribution >= 4 is 34.7 Å². The quantitative estimate of drug-likeness (QED) is 0.275. The molecule has 6 heteroatoms. The predicted octanol–water partition coefficient (Wildman–Crippen LogP) is 5.69. The smallest absolute Gasteiger partial charge is 0.295 e. The standard InChI is InChI=1S/C29H29ClN2O3/c1-18-5-8-22(17-19(18)2)27(33)25-26(21-9-13-24(14-10-21)31(3)4)32(29(35)28(25)34)16-15-20-6-11-23(30)12-7-20/h5-14,17,26,33H,15-16H2,1-4H3/b27-25-. The van der Waals surface area contributed by atoms with E-state index in [4.69, 9.17) is 11.6 Å². The number of ketones is 1. The number of carbonyl (C=O) groups is 2. The van der Waals surface area contributed by atoms with Gasteiger partial charge in [0.05, 0.1) is 11.6 Å². The number of halogens is 1. The highest BCUT2D eigenvalue weighted by molar-refractivity contribution is 6.46. The summed E-state index contributed by atoms with van der Waals surface area (Å²) in [6.07, 6.45) is 0.556. The number of likely N-dealkylation sites (tertiary alicyclic amines) is 1. The number of anilines is 1. The van der Waals surface area contributed by atoms with Crippen LogP contribution in [-0.2, 0) is 16.0 Å². The van der Waals surface area contributed by atoms with Gasteiger partial charge in [-0.1, -0.05) is 48.0 Å². The summed E-state index contributed by atoms with van der Waals surface area (Å²) in [4.78, 5) is 30.0. The molecule has 180 valence electrons. The molecule has 1 fully saturated rings. The summed E-state index contributed by atoms with van der Waals surface area (Å²) in [6, 6.07) is 20.0. The molecule has 0 spiro atoms. The Labute approximate surface area is 211 Å². The molecule has 3 aromatic rings. The van der Waals surface area contributed by atoms with Crippen molar-refractivity contribution in [3.05, 3.63) is 105 Å². The third-order valence-corrected chi connectivity index (χ3v) is 6.85. The Bertz CT molecular complexity index is 1290. The SMILES string of the molecule is Cc1ccc(/C(O)=C2/C(=O)C(=O)N(CCc3ccc(Cl)cc3)C2c2ccc(N(C)C)cc2)cc1C. The van der Waals surface area contributed by atoms with E-state index in [1.807, 2.05) is 93.5 Å². The Balaban J connectivity index is 1.78. The van der Waals surface area contributed by atoms with Gasteiger partial charge in [-0.15, -0.1) is 0 Å². The number of amides is 1. The molecule has 1 aliphatic rings. The summed E-state index contributed by atoms with van der Waals surface area (Å²) in [5.74, 6) is -1.42. The van der Waals surface area contributed by atoms with Gasteiger partial charge in [0.2, 0.25) is 0 Å². The fraction of sp³-hybridized carbons (Fsp3) is 0.241. The molecule has 4 rings (SSSR count). The molecule has 5 nitrogen and oxygen atoms in total. The van der Waals surface area contributed by atoms with Crippen molar-refractivity contribution in [1.29, 1.82) is 0 Å². The molecule has 1 aliphatic heterocycles. The molecule has 0 bridgehead atoms. The number of aryl methyl sites for hydroxylation is 2. The molecule has 0 radical (unpaired) electrons. The Morgan fingerprint density at radius 3 is 2.20 bits per heavy atom. The highest BCUT2D eigenvalue weighted by atomic mass is 35.5. The van der Waals surface area contributed by atoms with Crippen LogP contribution in [0.5, 0.6) is 0 Å². The van der Waals surface area contributed by atoms with Gasteiger partial charge in [-0.25, -0.2) is 0 Å². The Hall–Kier alpha value is -3.57. The normalized spacial score (nSPS) is 17.2. The van der Waals surface area contributed by atoms with E-state index < -0.39 is 17.7 Å². The number of hydrogen-bond acceptors (Lipinski definition) is 4. The van der Waals surface area contributed by atoms with Crippen LogP contribution in [0, 0.1) is 13.8 Å². The van der Waals surface area contributed by atoms with Crippen LogP contribution in [0.2, 0.25) is 5.02 Å². The molecule has 1 atom stereocenters. The van der Waals surface area contributed by atoms with Crippen LogP contribution in [0.4, 0.5) is 5.69 Å². The fourth-order valence-electron chi connectivity index (χ4n) is 4.36. The predicted molar refractivity (Wildman–Crippen MR) is 141 cm³/mol. The second-order valence-corrected chi connectivity index (χ2v) is 9.59. The van der Waals surface area contributed by atoms with Gasteiger partial charge in [-0.3, -0.25) is 9.59 Å². The molecule has 1 N–H and O–H groups in total. The van der Waals surface area contributed by atoms with Crippen molar-refractivity contribution < 1.29 is 14.7 Å². The van der Waals surface area contributed by atoms with E-state index in [2.05, 4.69) is 0 Å². The highest BCUT2D eigenvalue weighted by Crippen LogP contribution is 2.40. The van der Waals surface area contributed by atoms with Crippen LogP contribution in [0.15, 0.2) is 72.3 Å². The van der Waals surface area contributed by atoms with E-state index >= 15 is 0 Å². The highest BCUT2D eigenvalue weighted by Gasteiger charge is 2.45. The topological polar surface area (TPSA) is 60.9 Å². The third kappa shape index (κ3) is 4.96. The zero-order valence-electron chi connectivity index (χ0n) is 20.4. The van der Waals surface area contributed by atoms with Gasteiger partial charge in [-0.05, 0) is 72.9 Å². The maximum atomic E-state index is 13.3. The van der Waals surface area contributed by atoms with Gasteiger partial charge >= 0.3 is 0 Å². The lowest BCUT2D eigenvalue weighted by molar-refractivity contribution is -0.139. The van der Waals surface area contributed by atoms with Gasteiger partial charge in [0.1, 0.15) is 5.76 Å². The number of nitrogens with zero attached hydrogens (tertiary/aromatic N) is 2. The van der Waals surface area contributed by atoms with Crippen molar-refractivity contribution in [3.63, 3.8) is 0 Å². The van der Waals surface area contributed by atoms with E-state index in [0.717, 1.165) is 27.9 Å². The second-order valence-electron chi connectivity index (χ2n) is 9.15. The van der Waals surface area contributed by atoms with Crippen molar-refractivity contribution in [3.8, 4) is 0 Å². The average Bonchev–Trinajstić information content (AvgIpc) is 3.10. The zero-order valence-corrected chi connectivity index (χ0v) is 21.1. The van der Waals surface area contributed by atoms with Gasteiger partial charge in [0.25, 0.3) is 11.7 Å². The number of hydrogen-bond donors (Lipinski definition) is 1. The Morgan fingerprint density at radius 1 is 0.943 bits per heavy atom. The van der Waals surface area contributed by atoms with Gasteiger partial charge in [0.15, 0.2) is 0 Å².